The van der Waals surface area contributed by atoms with Gasteiger partial charge in [0, 0.05) is 4.88 Å². The van der Waals surface area contributed by atoms with Gasteiger partial charge in [-0.1, -0.05) is 25.3 Å². The molecule has 1 fully saturated rings. The van der Waals surface area contributed by atoms with Crippen LogP contribution in [0, 0.1) is 5.41 Å². The first-order chi connectivity index (χ1) is 7.70. The van der Waals surface area contributed by atoms with Crippen LogP contribution in [0.15, 0.2) is 17.5 Å². The van der Waals surface area contributed by atoms with E-state index in [1.54, 1.807) is 11.3 Å². The second kappa shape index (κ2) is 5.00. The molecule has 0 saturated heterocycles. The van der Waals surface area contributed by atoms with E-state index in [0.717, 1.165) is 19.3 Å². The SMILES string of the molecule is O=C(O)CC1(Cc2cccs2)CCCCC1. The Balaban J connectivity index is 2.09. The molecule has 0 bridgehead atoms. The Bertz CT molecular complexity index is 337. The lowest BCUT2D eigenvalue weighted by Crippen LogP contribution is -2.29. The molecule has 0 amide bonds. The van der Waals surface area contributed by atoms with Crippen LogP contribution < -0.4 is 0 Å². The molecule has 1 aliphatic carbocycles. The van der Waals surface area contributed by atoms with Gasteiger partial charge in [-0.25, -0.2) is 0 Å². The van der Waals surface area contributed by atoms with Crippen LogP contribution in [-0.4, -0.2) is 11.1 Å². The number of rotatable bonds is 4. The van der Waals surface area contributed by atoms with Gasteiger partial charge in [0.15, 0.2) is 0 Å². The summed E-state index contributed by atoms with van der Waals surface area (Å²) in [4.78, 5) is 12.3. The van der Waals surface area contributed by atoms with E-state index < -0.39 is 5.97 Å². The van der Waals surface area contributed by atoms with Crippen LogP contribution in [0.1, 0.15) is 43.4 Å². The molecule has 0 aliphatic heterocycles. The summed E-state index contributed by atoms with van der Waals surface area (Å²) >= 11 is 1.75. The maximum Gasteiger partial charge on any atom is 0.303 e. The number of hydrogen-bond donors (Lipinski definition) is 1. The van der Waals surface area contributed by atoms with Crippen LogP contribution in [0.5, 0.6) is 0 Å². The number of carbonyl (C=O) groups is 1. The third-order valence-corrected chi connectivity index (χ3v) is 4.45. The molecule has 1 N–H and O–H groups in total. The average molecular weight is 238 g/mol. The van der Waals surface area contributed by atoms with Crippen molar-refractivity contribution in [1.82, 2.24) is 0 Å². The quantitative estimate of drug-likeness (QED) is 0.868. The molecule has 2 rings (SSSR count). The first kappa shape index (κ1) is 11.6. The van der Waals surface area contributed by atoms with E-state index in [1.807, 2.05) is 0 Å². The van der Waals surface area contributed by atoms with Crippen LogP contribution in [0.2, 0.25) is 0 Å². The summed E-state index contributed by atoms with van der Waals surface area (Å²) in [5, 5.41) is 11.1. The Morgan fingerprint density at radius 1 is 1.38 bits per heavy atom. The Hall–Kier alpha value is -0.830. The molecule has 0 atom stereocenters. The monoisotopic (exact) mass is 238 g/mol. The Morgan fingerprint density at radius 3 is 2.69 bits per heavy atom. The number of thiophene rings is 1. The zero-order chi connectivity index (χ0) is 11.4. The topological polar surface area (TPSA) is 37.3 Å². The summed E-state index contributed by atoms with van der Waals surface area (Å²) in [6.45, 7) is 0. The lowest BCUT2D eigenvalue weighted by Gasteiger charge is -2.35. The summed E-state index contributed by atoms with van der Waals surface area (Å²) < 4.78 is 0. The predicted octanol–water partition coefficient (Wildman–Crippen LogP) is 3.72. The standard InChI is InChI=1S/C13H18O2S/c14-12(15)10-13(6-2-1-3-7-13)9-11-5-4-8-16-11/h4-5,8H,1-3,6-7,9-10H2,(H,14,15). The predicted molar refractivity (Wildman–Crippen MR) is 65.8 cm³/mol. The molecule has 1 saturated carbocycles. The van der Waals surface area contributed by atoms with Crippen LogP contribution >= 0.6 is 11.3 Å². The smallest absolute Gasteiger partial charge is 0.303 e. The minimum absolute atomic E-state index is 0.0366. The van der Waals surface area contributed by atoms with Crippen molar-refractivity contribution in [2.24, 2.45) is 5.41 Å². The van der Waals surface area contributed by atoms with Crippen molar-refractivity contribution >= 4 is 17.3 Å². The van der Waals surface area contributed by atoms with Crippen LogP contribution in [-0.2, 0) is 11.2 Å². The number of hydrogen-bond acceptors (Lipinski definition) is 2. The summed E-state index contributed by atoms with van der Waals surface area (Å²) in [6.07, 6.45) is 7.11. The van der Waals surface area contributed by atoms with E-state index in [-0.39, 0.29) is 5.41 Å². The molecule has 1 aromatic rings. The fourth-order valence-corrected chi connectivity index (χ4v) is 3.70. The molecule has 1 aliphatic rings. The molecule has 1 heterocycles. The van der Waals surface area contributed by atoms with Gasteiger partial charge >= 0.3 is 5.97 Å². The van der Waals surface area contributed by atoms with Crippen molar-refractivity contribution in [1.29, 1.82) is 0 Å². The molecule has 0 unspecified atom stereocenters. The molecule has 2 nitrogen and oxygen atoms in total. The molecule has 3 heteroatoms. The molecule has 88 valence electrons. The van der Waals surface area contributed by atoms with Crippen molar-refractivity contribution in [2.45, 2.75) is 44.9 Å². The first-order valence-corrected chi connectivity index (χ1v) is 6.82. The van der Waals surface area contributed by atoms with Gasteiger partial charge < -0.3 is 5.11 Å². The maximum absolute atomic E-state index is 11.0. The molecular weight excluding hydrogens is 220 g/mol. The zero-order valence-electron chi connectivity index (χ0n) is 9.45. The molecule has 1 aromatic heterocycles. The van der Waals surface area contributed by atoms with E-state index in [9.17, 15) is 4.79 Å². The molecular formula is C13H18O2S. The fraction of sp³-hybridized carbons (Fsp3) is 0.615. The van der Waals surface area contributed by atoms with Gasteiger partial charge in [-0.05, 0) is 36.1 Å². The summed E-state index contributed by atoms with van der Waals surface area (Å²) in [6, 6.07) is 4.18. The fourth-order valence-electron chi connectivity index (χ4n) is 2.82. The molecule has 0 radical (unpaired) electrons. The Morgan fingerprint density at radius 2 is 2.12 bits per heavy atom. The third kappa shape index (κ3) is 2.85. The Labute approximate surface area is 100 Å². The number of carboxylic acids is 1. The lowest BCUT2D eigenvalue weighted by molar-refractivity contribution is -0.140. The molecule has 16 heavy (non-hydrogen) atoms. The summed E-state index contributed by atoms with van der Waals surface area (Å²) in [5.41, 5.74) is 0.0366. The van der Waals surface area contributed by atoms with Crippen molar-refractivity contribution in [3.63, 3.8) is 0 Å². The van der Waals surface area contributed by atoms with Crippen molar-refractivity contribution in [3.8, 4) is 0 Å². The highest BCUT2D eigenvalue weighted by Crippen LogP contribution is 2.42. The van der Waals surface area contributed by atoms with Crippen molar-refractivity contribution < 1.29 is 9.90 Å². The second-order valence-corrected chi connectivity index (χ2v) is 5.92. The van der Waals surface area contributed by atoms with Gasteiger partial charge in [-0.3, -0.25) is 4.79 Å². The van der Waals surface area contributed by atoms with Crippen molar-refractivity contribution in [2.75, 3.05) is 0 Å². The molecule has 0 spiro atoms. The van der Waals surface area contributed by atoms with Gasteiger partial charge in [0.25, 0.3) is 0 Å². The highest BCUT2D eigenvalue weighted by Gasteiger charge is 2.34. The first-order valence-electron chi connectivity index (χ1n) is 5.94. The van der Waals surface area contributed by atoms with E-state index in [2.05, 4.69) is 17.5 Å². The van der Waals surface area contributed by atoms with Gasteiger partial charge in [0.2, 0.25) is 0 Å². The maximum atomic E-state index is 11.0. The van der Waals surface area contributed by atoms with Gasteiger partial charge in [0.1, 0.15) is 0 Å². The van der Waals surface area contributed by atoms with E-state index in [1.165, 1.54) is 24.1 Å². The van der Waals surface area contributed by atoms with Crippen LogP contribution in [0.4, 0.5) is 0 Å². The highest BCUT2D eigenvalue weighted by atomic mass is 32.1. The summed E-state index contributed by atoms with van der Waals surface area (Å²) in [7, 11) is 0. The molecule has 0 aromatic carbocycles. The van der Waals surface area contributed by atoms with Crippen LogP contribution in [0.3, 0.4) is 0 Å². The largest absolute Gasteiger partial charge is 0.481 e. The highest BCUT2D eigenvalue weighted by molar-refractivity contribution is 7.09. The normalized spacial score (nSPS) is 19.5. The minimum Gasteiger partial charge on any atom is -0.481 e. The minimum atomic E-state index is -0.640. The Kier molecular flexibility index (Phi) is 3.64. The number of carboxylic acid groups (broad SMARTS) is 1. The third-order valence-electron chi connectivity index (χ3n) is 3.57. The van der Waals surface area contributed by atoms with Gasteiger partial charge in [-0.2, -0.15) is 0 Å². The lowest BCUT2D eigenvalue weighted by atomic mass is 9.69. The second-order valence-electron chi connectivity index (χ2n) is 4.89. The van der Waals surface area contributed by atoms with Gasteiger partial charge in [0.05, 0.1) is 6.42 Å². The van der Waals surface area contributed by atoms with Crippen molar-refractivity contribution in [3.05, 3.63) is 22.4 Å². The zero-order valence-corrected chi connectivity index (χ0v) is 10.3. The summed E-state index contributed by atoms with van der Waals surface area (Å²) in [5.74, 6) is -0.640. The number of aliphatic carboxylic acids is 1. The van der Waals surface area contributed by atoms with E-state index in [4.69, 9.17) is 5.11 Å². The van der Waals surface area contributed by atoms with Gasteiger partial charge in [-0.15, -0.1) is 11.3 Å². The average Bonchev–Trinajstić information content (AvgIpc) is 2.70. The van der Waals surface area contributed by atoms with E-state index >= 15 is 0 Å². The van der Waals surface area contributed by atoms with Crippen LogP contribution in [0.25, 0.3) is 0 Å². The van der Waals surface area contributed by atoms with E-state index in [0.29, 0.717) is 6.42 Å².